The van der Waals surface area contributed by atoms with Crippen molar-refractivity contribution in [3.63, 3.8) is 0 Å². The fourth-order valence-electron chi connectivity index (χ4n) is 2.78. The summed E-state index contributed by atoms with van der Waals surface area (Å²) in [6, 6.07) is 4.92. The second-order valence-electron chi connectivity index (χ2n) is 5.79. The Bertz CT molecular complexity index is 464. The lowest BCUT2D eigenvalue weighted by atomic mass is 9.86. The third-order valence-corrected chi connectivity index (χ3v) is 4.26. The molecule has 104 valence electrons. The van der Waals surface area contributed by atoms with E-state index in [9.17, 15) is 9.18 Å². The van der Waals surface area contributed by atoms with Gasteiger partial charge in [0.05, 0.1) is 0 Å². The van der Waals surface area contributed by atoms with Gasteiger partial charge in [0.2, 0.25) is 0 Å². The van der Waals surface area contributed by atoms with E-state index in [2.05, 4.69) is 6.92 Å². The predicted molar refractivity (Wildman–Crippen MR) is 74.7 cm³/mol. The van der Waals surface area contributed by atoms with Crippen LogP contribution in [0.3, 0.4) is 0 Å². The first-order valence-corrected chi connectivity index (χ1v) is 7.02. The highest BCUT2D eigenvalue weighted by Gasteiger charge is 2.25. The molecule has 0 saturated heterocycles. The van der Waals surface area contributed by atoms with Crippen LogP contribution in [-0.2, 0) is 0 Å². The van der Waals surface area contributed by atoms with Gasteiger partial charge >= 0.3 is 0 Å². The van der Waals surface area contributed by atoms with Crippen molar-refractivity contribution in [2.75, 3.05) is 7.05 Å². The molecule has 0 radical (unpaired) electrons. The summed E-state index contributed by atoms with van der Waals surface area (Å²) >= 11 is 0. The Kier molecular flexibility index (Phi) is 4.23. The van der Waals surface area contributed by atoms with Crippen molar-refractivity contribution >= 4 is 5.91 Å². The Morgan fingerprint density at radius 1 is 1.26 bits per heavy atom. The molecule has 1 aromatic carbocycles. The molecule has 3 heteroatoms. The second kappa shape index (κ2) is 5.72. The van der Waals surface area contributed by atoms with E-state index in [4.69, 9.17) is 0 Å². The van der Waals surface area contributed by atoms with Gasteiger partial charge in [0.25, 0.3) is 5.91 Å². The van der Waals surface area contributed by atoms with E-state index < -0.39 is 0 Å². The normalized spacial score (nSPS) is 23.2. The molecule has 0 atom stereocenters. The average Bonchev–Trinajstić information content (AvgIpc) is 2.41. The number of hydrogen-bond donors (Lipinski definition) is 0. The lowest BCUT2D eigenvalue weighted by molar-refractivity contribution is 0.0679. The van der Waals surface area contributed by atoms with Crippen molar-refractivity contribution in [1.82, 2.24) is 4.90 Å². The van der Waals surface area contributed by atoms with Crippen LogP contribution >= 0.6 is 0 Å². The number of halogens is 1. The third kappa shape index (κ3) is 3.14. The van der Waals surface area contributed by atoms with E-state index in [-0.39, 0.29) is 11.7 Å². The van der Waals surface area contributed by atoms with Gasteiger partial charge in [-0.2, -0.15) is 0 Å². The van der Waals surface area contributed by atoms with Crippen LogP contribution in [0, 0.1) is 18.7 Å². The molecular formula is C16H22FNO. The number of aryl methyl sites for hydroxylation is 1. The molecule has 1 amide bonds. The molecule has 1 fully saturated rings. The largest absolute Gasteiger partial charge is 0.339 e. The molecule has 0 heterocycles. The van der Waals surface area contributed by atoms with E-state index in [1.165, 1.54) is 18.9 Å². The van der Waals surface area contributed by atoms with E-state index in [0.717, 1.165) is 18.8 Å². The van der Waals surface area contributed by atoms with E-state index in [0.29, 0.717) is 17.2 Å². The van der Waals surface area contributed by atoms with Crippen LogP contribution < -0.4 is 0 Å². The molecule has 1 aliphatic carbocycles. The highest BCUT2D eigenvalue weighted by molar-refractivity contribution is 5.94. The van der Waals surface area contributed by atoms with Crippen LogP contribution in [0.2, 0.25) is 0 Å². The highest BCUT2D eigenvalue weighted by Crippen LogP contribution is 2.27. The van der Waals surface area contributed by atoms with Crippen LogP contribution in [-0.4, -0.2) is 23.9 Å². The van der Waals surface area contributed by atoms with E-state index in [1.54, 1.807) is 19.1 Å². The van der Waals surface area contributed by atoms with Crippen molar-refractivity contribution in [2.45, 2.75) is 45.6 Å². The molecule has 0 bridgehead atoms. The SMILES string of the molecule is Cc1cc(C(=O)N(C)C2CCC(C)CC2)ccc1F. The molecule has 19 heavy (non-hydrogen) atoms. The minimum atomic E-state index is -0.259. The molecule has 0 spiro atoms. The van der Waals surface area contributed by atoms with Crippen LogP contribution in [0.4, 0.5) is 4.39 Å². The molecule has 0 N–H and O–H groups in total. The first-order chi connectivity index (χ1) is 8.99. The molecule has 1 saturated carbocycles. The molecule has 2 nitrogen and oxygen atoms in total. The van der Waals surface area contributed by atoms with Crippen LogP contribution in [0.1, 0.15) is 48.5 Å². The summed E-state index contributed by atoms with van der Waals surface area (Å²) in [5, 5.41) is 0. The molecule has 0 unspecified atom stereocenters. The zero-order chi connectivity index (χ0) is 14.0. The molecule has 0 aliphatic heterocycles. The number of nitrogens with zero attached hydrogens (tertiary/aromatic N) is 1. The maximum Gasteiger partial charge on any atom is 0.253 e. The van der Waals surface area contributed by atoms with Gasteiger partial charge in [0.1, 0.15) is 5.82 Å². The summed E-state index contributed by atoms with van der Waals surface area (Å²) in [5.41, 5.74) is 1.11. The van der Waals surface area contributed by atoms with Gasteiger partial charge in [-0.05, 0) is 62.3 Å². The van der Waals surface area contributed by atoms with Crippen LogP contribution in [0.25, 0.3) is 0 Å². The first kappa shape index (κ1) is 14.0. The lowest BCUT2D eigenvalue weighted by Crippen LogP contribution is -2.39. The van der Waals surface area contributed by atoms with Gasteiger partial charge in [-0.3, -0.25) is 4.79 Å². The summed E-state index contributed by atoms with van der Waals surface area (Å²) < 4.78 is 13.2. The van der Waals surface area contributed by atoms with Gasteiger partial charge in [-0.25, -0.2) is 4.39 Å². The average molecular weight is 263 g/mol. The smallest absolute Gasteiger partial charge is 0.253 e. The maximum absolute atomic E-state index is 13.2. The minimum absolute atomic E-state index is 0.00246. The molecule has 1 aliphatic rings. The fraction of sp³-hybridized carbons (Fsp3) is 0.562. The quantitative estimate of drug-likeness (QED) is 0.795. The minimum Gasteiger partial charge on any atom is -0.339 e. The standard InChI is InChI=1S/C16H22FNO/c1-11-4-7-14(8-5-11)18(3)16(19)13-6-9-15(17)12(2)10-13/h6,9-11,14H,4-5,7-8H2,1-3H3. The number of benzene rings is 1. The van der Waals surface area contributed by atoms with Gasteiger partial charge in [-0.1, -0.05) is 6.92 Å². The summed E-state index contributed by atoms with van der Waals surface area (Å²) in [6.07, 6.45) is 4.52. The predicted octanol–water partition coefficient (Wildman–Crippen LogP) is 3.78. The van der Waals surface area contributed by atoms with Crippen LogP contribution in [0.5, 0.6) is 0 Å². The van der Waals surface area contributed by atoms with Gasteiger partial charge in [-0.15, -0.1) is 0 Å². The van der Waals surface area contributed by atoms with Crippen molar-refractivity contribution in [3.05, 3.63) is 35.1 Å². The topological polar surface area (TPSA) is 20.3 Å². The molecular weight excluding hydrogens is 241 g/mol. The summed E-state index contributed by atoms with van der Waals surface area (Å²) in [7, 11) is 1.86. The van der Waals surface area contributed by atoms with Crippen LogP contribution in [0.15, 0.2) is 18.2 Å². The Morgan fingerprint density at radius 3 is 2.47 bits per heavy atom. The molecule has 1 aromatic rings. The number of amides is 1. The number of hydrogen-bond acceptors (Lipinski definition) is 1. The van der Waals surface area contributed by atoms with Gasteiger partial charge in [0, 0.05) is 18.7 Å². The third-order valence-electron chi connectivity index (χ3n) is 4.26. The Balaban J connectivity index is 2.08. The van der Waals surface area contributed by atoms with Crippen molar-refractivity contribution in [3.8, 4) is 0 Å². The van der Waals surface area contributed by atoms with Crippen molar-refractivity contribution in [2.24, 2.45) is 5.92 Å². The van der Waals surface area contributed by atoms with Crippen molar-refractivity contribution in [1.29, 1.82) is 0 Å². The van der Waals surface area contributed by atoms with Crippen molar-refractivity contribution < 1.29 is 9.18 Å². The Labute approximate surface area is 114 Å². The van der Waals surface area contributed by atoms with Gasteiger partial charge < -0.3 is 4.90 Å². The number of carbonyl (C=O) groups excluding carboxylic acids is 1. The zero-order valence-electron chi connectivity index (χ0n) is 11.9. The number of rotatable bonds is 2. The second-order valence-corrected chi connectivity index (χ2v) is 5.79. The van der Waals surface area contributed by atoms with E-state index in [1.807, 2.05) is 11.9 Å². The molecule has 2 rings (SSSR count). The molecule has 0 aromatic heterocycles. The maximum atomic E-state index is 13.2. The number of carbonyl (C=O) groups is 1. The highest BCUT2D eigenvalue weighted by atomic mass is 19.1. The fourth-order valence-corrected chi connectivity index (χ4v) is 2.78. The van der Waals surface area contributed by atoms with Gasteiger partial charge in [0.15, 0.2) is 0 Å². The Morgan fingerprint density at radius 2 is 1.89 bits per heavy atom. The monoisotopic (exact) mass is 263 g/mol. The summed E-state index contributed by atoms with van der Waals surface area (Å²) in [6.45, 7) is 3.95. The summed E-state index contributed by atoms with van der Waals surface area (Å²) in [4.78, 5) is 14.2. The first-order valence-electron chi connectivity index (χ1n) is 7.02. The zero-order valence-corrected chi connectivity index (χ0v) is 11.9. The lowest BCUT2D eigenvalue weighted by Gasteiger charge is -2.33. The summed E-state index contributed by atoms with van der Waals surface area (Å²) in [5.74, 6) is 0.515. The van der Waals surface area contributed by atoms with E-state index >= 15 is 0 Å². The Hall–Kier alpha value is -1.38.